The van der Waals surface area contributed by atoms with Crippen molar-refractivity contribution in [2.45, 2.75) is 25.7 Å². The number of ether oxygens (including phenoxy) is 2. The van der Waals surface area contributed by atoms with E-state index in [1.165, 1.54) is 24.3 Å². The maximum absolute atomic E-state index is 12.4. The molecule has 2 unspecified atom stereocenters. The smallest absolute Gasteiger partial charge is 0.234 e. The van der Waals surface area contributed by atoms with Crippen LogP contribution in [0.3, 0.4) is 0 Å². The third-order valence-electron chi connectivity index (χ3n) is 7.23. The first kappa shape index (κ1) is 29.0. The lowest BCUT2D eigenvalue weighted by atomic mass is 10.1. The van der Waals surface area contributed by atoms with Crippen molar-refractivity contribution in [3.63, 3.8) is 0 Å². The second-order valence-electron chi connectivity index (χ2n) is 10.0. The van der Waals surface area contributed by atoms with Crippen LogP contribution in [0.4, 0.5) is 0 Å². The van der Waals surface area contributed by atoms with Crippen LogP contribution >= 0.6 is 0 Å². The molecule has 2 aromatic heterocycles. The summed E-state index contributed by atoms with van der Waals surface area (Å²) in [6, 6.07) is 7.60. The van der Waals surface area contributed by atoms with E-state index in [-0.39, 0.29) is 40.3 Å². The molecule has 0 saturated carbocycles. The van der Waals surface area contributed by atoms with Gasteiger partial charge in [-0.2, -0.15) is 0 Å². The number of aromatic hydroxyl groups is 2. The highest BCUT2D eigenvalue weighted by Gasteiger charge is 2.29. The van der Waals surface area contributed by atoms with Gasteiger partial charge in [-0.3, -0.25) is 14.4 Å². The predicted molar refractivity (Wildman–Crippen MR) is 148 cm³/mol. The molecule has 222 valence electrons. The summed E-state index contributed by atoms with van der Waals surface area (Å²) in [6.45, 7) is 7.97. The molecular formula is C29H32N4O9. The van der Waals surface area contributed by atoms with Crippen LogP contribution < -0.4 is 0 Å². The van der Waals surface area contributed by atoms with Gasteiger partial charge in [0.25, 0.3) is 0 Å². The molecule has 13 nitrogen and oxygen atoms in total. The molecule has 6 rings (SSSR count). The number of carbonyl (C=O) groups excluding carboxylic acids is 3. The lowest BCUT2D eigenvalue weighted by Crippen LogP contribution is -2.42. The van der Waals surface area contributed by atoms with Crippen molar-refractivity contribution in [1.82, 2.24) is 19.8 Å². The minimum atomic E-state index is -0.563. The molecule has 2 amide bonds. The highest BCUT2D eigenvalue weighted by Crippen LogP contribution is 2.29. The summed E-state index contributed by atoms with van der Waals surface area (Å²) in [7, 11) is 0. The Labute approximate surface area is 240 Å². The molecule has 2 aliphatic heterocycles. The molecule has 4 aromatic rings. The number of rotatable bonds is 5. The second-order valence-corrected chi connectivity index (χ2v) is 10.0. The van der Waals surface area contributed by atoms with E-state index < -0.39 is 11.8 Å². The van der Waals surface area contributed by atoms with Gasteiger partial charge in [0.15, 0.2) is 17.5 Å². The molecule has 2 fully saturated rings. The van der Waals surface area contributed by atoms with Crippen LogP contribution in [0, 0.1) is 0 Å². The van der Waals surface area contributed by atoms with Gasteiger partial charge in [-0.25, -0.2) is 9.97 Å². The van der Waals surface area contributed by atoms with Gasteiger partial charge in [0.1, 0.15) is 34.4 Å². The molecule has 2 N–H and O–H groups in total. The fourth-order valence-electron chi connectivity index (χ4n) is 4.77. The van der Waals surface area contributed by atoms with Crippen LogP contribution in [0.25, 0.3) is 22.2 Å². The molecule has 2 aromatic carbocycles. The summed E-state index contributed by atoms with van der Waals surface area (Å²) in [6.07, 6.45) is 0.526. The second kappa shape index (κ2) is 12.6. The number of nitrogens with zero attached hydrogens (tertiary/aromatic N) is 4. The number of phenolic OH excluding ortho intramolecular Hbond substituents is 2. The van der Waals surface area contributed by atoms with E-state index in [1.807, 2.05) is 0 Å². The number of oxazole rings is 2. The Morgan fingerprint density at radius 2 is 1.33 bits per heavy atom. The molecule has 13 heteroatoms. The number of amides is 2. The van der Waals surface area contributed by atoms with Crippen molar-refractivity contribution in [3.05, 3.63) is 47.7 Å². The van der Waals surface area contributed by atoms with Crippen LogP contribution in [0.2, 0.25) is 0 Å². The summed E-state index contributed by atoms with van der Waals surface area (Å²) in [4.78, 5) is 47.9. The minimum absolute atomic E-state index is 0.0101. The Kier molecular flexibility index (Phi) is 8.69. The largest absolute Gasteiger partial charge is 0.508 e. The van der Waals surface area contributed by atoms with E-state index in [2.05, 4.69) is 9.97 Å². The number of phenols is 2. The van der Waals surface area contributed by atoms with Crippen LogP contribution in [-0.2, 0) is 19.1 Å². The summed E-state index contributed by atoms with van der Waals surface area (Å²) < 4.78 is 21.6. The van der Waals surface area contributed by atoms with E-state index >= 15 is 0 Å². The Bertz CT molecular complexity index is 1580. The first-order valence-electron chi connectivity index (χ1n) is 13.7. The van der Waals surface area contributed by atoms with Gasteiger partial charge in [0, 0.05) is 32.2 Å². The highest BCUT2D eigenvalue weighted by molar-refractivity contribution is 5.96. The fraction of sp³-hybridized carbons (Fsp3) is 0.414. The molecule has 2 aliphatic rings. The number of carbonyl (C=O) groups is 3. The number of aromatic nitrogens is 2. The van der Waals surface area contributed by atoms with Crippen molar-refractivity contribution >= 4 is 40.3 Å². The molecule has 2 saturated heterocycles. The maximum Gasteiger partial charge on any atom is 0.234 e. The third kappa shape index (κ3) is 6.06. The third-order valence-corrected chi connectivity index (χ3v) is 7.23. The number of fused-ring (bicyclic) bond motifs is 2. The van der Waals surface area contributed by atoms with Gasteiger partial charge in [-0.15, -0.1) is 0 Å². The van der Waals surface area contributed by atoms with Crippen LogP contribution in [0.1, 0.15) is 47.8 Å². The molecule has 0 radical (unpaired) electrons. The average Bonchev–Trinajstić information content (AvgIpc) is 3.65. The molecular weight excluding hydrogens is 548 g/mol. The van der Waals surface area contributed by atoms with Crippen molar-refractivity contribution in [2.24, 2.45) is 0 Å². The van der Waals surface area contributed by atoms with Crippen molar-refractivity contribution in [2.75, 3.05) is 52.6 Å². The van der Waals surface area contributed by atoms with Gasteiger partial charge in [0.05, 0.1) is 32.0 Å². The minimum Gasteiger partial charge on any atom is -0.508 e. The summed E-state index contributed by atoms with van der Waals surface area (Å²) in [5, 5.41) is 19.1. The van der Waals surface area contributed by atoms with Crippen LogP contribution in [-0.4, -0.2) is 101 Å². The lowest BCUT2D eigenvalue weighted by Gasteiger charge is -2.28. The van der Waals surface area contributed by atoms with E-state index in [9.17, 15) is 24.6 Å². The maximum atomic E-state index is 12.4. The highest BCUT2D eigenvalue weighted by atomic mass is 16.5. The Morgan fingerprint density at radius 1 is 0.810 bits per heavy atom. The van der Waals surface area contributed by atoms with Crippen molar-refractivity contribution in [1.29, 1.82) is 0 Å². The van der Waals surface area contributed by atoms with Gasteiger partial charge in [-0.05, 0) is 38.1 Å². The summed E-state index contributed by atoms with van der Waals surface area (Å²) in [5.74, 6) is -0.521. The Balaban J connectivity index is 0.000000169. The van der Waals surface area contributed by atoms with E-state index in [0.717, 1.165) is 0 Å². The zero-order valence-electron chi connectivity index (χ0n) is 23.3. The molecule has 4 heterocycles. The van der Waals surface area contributed by atoms with Crippen LogP contribution in [0.5, 0.6) is 11.5 Å². The summed E-state index contributed by atoms with van der Waals surface area (Å²) >= 11 is 0. The Hall–Kier alpha value is -4.49. The first-order chi connectivity index (χ1) is 20.3. The predicted octanol–water partition coefficient (Wildman–Crippen LogP) is 2.80. The quantitative estimate of drug-likeness (QED) is 0.333. The van der Waals surface area contributed by atoms with Gasteiger partial charge < -0.3 is 38.3 Å². The summed E-state index contributed by atoms with van der Waals surface area (Å²) in [5.41, 5.74) is 1.84. The number of aldehydes is 1. The van der Waals surface area contributed by atoms with E-state index in [1.54, 1.807) is 29.7 Å². The van der Waals surface area contributed by atoms with E-state index in [0.29, 0.717) is 81.5 Å². The number of benzene rings is 2. The SMILES string of the molecule is CC(C(=O)N1CCOCC1)c1nc2c(C=O)c(O)ccc2o1.CC(C(=O)N1CCOCC1)c1nc2cc(O)ccc2o1. The zero-order chi connectivity index (χ0) is 29.8. The standard InChI is InChI=1S/C15H16N2O5.C14H16N2O4/c1-9(15(20)17-4-6-21-7-5-17)14-16-13-10(8-18)11(19)2-3-12(13)22-14;1-9(14(18)16-4-6-19-7-5-16)13-15-11-8-10(17)2-3-12(11)20-13/h2-3,8-9,19H,4-7H2,1H3;2-3,8-9,17H,4-7H2,1H3. The van der Waals surface area contributed by atoms with E-state index in [4.69, 9.17) is 18.3 Å². The number of hydrogen-bond donors (Lipinski definition) is 2. The molecule has 0 aliphatic carbocycles. The monoisotopic (exact) mass is 580 g/mol. The molecule has 42 heavy (non-hydrogen) atoms. The van der Waals surface area contributed by atoms with Crippen molar-refractivity contribution < 1.29 is 42.9 Å². The fourth-order valence-corrected chi connectivity index (χ4v) is 4.77. The normalized spacial score (nSPS) is 17.0. The molecule has 0 bridgehead atoms. The number of morpholine rings is 2. The molecule has 2 atom stereocenters. The van der Waals surface area contributed by atoms with Crippen LogP contribution in [0.15, 0.2) is 39.2 Å². The average molecular weight is 581 g/mol. The zero-order valence-corrected chi connectivity index (χ0v) is 23.3. The molecule has 0 spiro atoms. The van der Waals surface area contributed by atoms with Crippen molar-refractivity contribution in [3.8, 4) is 11.5 Å². The van der Waals surface area contributed by atoms with Gasteiger partial charge in [-0.1, -0.05) is 0 Å². The van der Waals surface area contributed by atoms with Gasteiger partial charge in [0.2, 0.25) is 23.6 Å². The first-order valence-corrected chi connectivity index (χ1v) is 13.7. The van der Waals surface area contributed by atoms with Gasteiger partial charge >= 0.3 is 0 Å². The Morgan fingerprint density at radius 3 is 1.90 bits per heavy atom. The number of hydrogen-bond acceptors (Lipinski definition) is 11. The topological polar surface area (TPSA) is 169 Å². The lowest BCUT2D eigenvalue weighted by molar-refractivity contribution is -0.137.